The van der Waals surface area contributed by atoms with E-state index in [9.17, 15) is 30.8 Å². The summed E-state index contributed by atoms with van der Waals surface area (Å²) in [6.45, 7) is 0.373. The summed E-state index contributed by atoms with van der Waals surface area (Å²) in [6.07, 6.45) is -2.82. The molecule has 3 aromatic rings. The molecule has 37 heavy (non-hydrogen) atoms. The minimum Gasteiger partial charge on any atom is -0.351 e. The van der Waals surface area contributed by atoms with Crippen molar-refractivity contribution in [2.24, 2.45) is 11.8 Å². The molecule has 2 fully saturated rings. The smallest absolute Gasteiger partial charge is 0.351 e. The van der Waals surface area contributed by atoms with E-state index in [2.05, 4.69) is 5.32 Å². The highest BCUT2D eigenvalue weighted by atomic mass is 32.2. The highest BCUT2D eigenvalue weighted by Crippen LogP contribution is 2.46. The second-order valence-corrected chi connectivity index (χ2v) is 11.4. The normalized spacial score (nSPS) is 21.8. The van der Waals surface area contributed by atoms with Crippen molar-refractivity contribution in [3.63, 3.8) is 0 Å². The van der Waals surface area contributed by atoms with E-state index in [1.54, 1.807) is 24.3 Å². The monoisotopic (exact) mass is 532 g/mol. The van der Waals surface area contributed by atoms with Gasteiger partial charge < -0.3 is 5.32 Å². The Bertz CT molecular complexity index is 1410. The van der Waals surface area contributed by atoms with Crippen LogP contribution >= 0.6 is 0 Å². The summed E-state index contributed by atoms with van der Waals surface area (Å²) in [5.74, 6) is -0.922. The Morgan fingerprint density at radius 1 is 0.946 bits per heavy atom. The molecule has 0 spiro atoms. The first-order chi connectivity index (χ1) is 17.5. The number of hydrogen-bond acceptors (Lipinski definition) is 3. The fraction of sp³-hybridized carbons (Fsp3) is 0.296. The highest BCUT2D eigenvalue weighted by molar-refractivity contribution is 7.89. The van der Waals surface area contributed by atoms with Gasteiger partial charge in [0.05, 0.1) is 10.5 Å². The van der Waals surface area contributed by atoms with Gasteiger partial charge in [0.2, 0.25) is 15.9 Å². The van der Waals surface area contributed by atoms with Crippen molar-refractivity contribution in [1.82, 2.24) is 9.62 Å². The maximum atomic E-state index is 13.3. The molecular weight excluding hydrogens is 508 g/mol. The average Bonchev–Trinajstić information content (AvgIpc) is 3.13. The summed E-state index contributed by atoms with van der Waals surface area (Å²) in [6, 6.07) is 15.6. The molecule has 0 unspecified atom stereocenters. The molecule has 1 N–H and O–H groups in total. The Morgan fingerprint density at radius 3 is 2.27 bits per heavy atom. The van der Waals surface area contributed by atoms with E-state index in [0.29, 0.717) is 11.1 Å². The van der Waals surface area contributed by atoms with Crippen LogP contribution < -0.4 is 5.32 Å². The lowest BCUT2D eigenvalue weighted by atomic mass is 9.73. The van der Waals surface area contributed by atoms with Crippen molar-refractivity contribution < 1.29 is 30.8 Å². The number of sulfonamides is 1. The summed E-state index contributed by atoms with van der Waals surface area (Å²) in [4.78, 5) is 13.2. The molecule has 3 atom stereocenters. The minimum atomic E-state index is -4.41. The van der Waals surface area contributed by atoms with Crippen molar-refractivity contribution in [1.29, 1.82) is 0 Å². The standard InChI is InChI=1S/C27H24F4N2O3S/c28-22-9-11-23(12-10-22)37(35,36)33-16-20-6-13-24(20)25(33)26(34)32-15-17-2-1-3-19(14-17)18-4-7-21(8-5-18)27(29,30)31/h1-5,7-12,14,20,24-25H,6,13,15-16H2,(H,32,34)/t20-,24-,25-/m0/s1. The first kappa shape index (κ1) is 25.4. The zero-order chi connectivity index (χ0) is 26.4. The summed E-state index contributed by atoms with van der Waals surface area (Å²) >= 11 is 0. The van der Waals surface area contributed by atoms with Crippen molar-refractivity contribution in [3.8, 4) is 11.1 Å². The maximum absolute atomic E-state index is 13.3. The number of amides is 1. The van der Waals surface area contributed by atoms with Crippen LogP contribution in [0.15, 0.2) is 77.7 Å². The van der Waals surface area contributed by atoms with Crippen molar-refractivity contribution in [3.05, 3.63) is 89.7 Å². The summed E-state index contributed by atoms with van der Waals surface area (Å²) in [5.41, 5.74) is 1.29. The lowest BCUT2D eigenvalue weighted by Crippen LogP contribution is -2.49. The van der Waals surface area contributed by atoms with Crippen LogP contribution in [0, 0.1) is 17.7 Å². The Hall–Kier alpha value is -3.24. The molecule has 5 rings (SSSR count). The third-order valence-corrected chi connectivity index (χ3v) is 9.10. The lowest BCUT2D eigenvalue weighted by molar-refractivity contribution is -0.137. The van der Waals surface area contributed by atoms with Crippen molar-refractivity contribution in [2.75, 3.05) is 6.54 Å². The number of halogens is 4. The van der Waals surface area contributed by atoms with Crippen molar-refractivity contribution in [2.45, 2.75) is 36.5 Å². The molecule has 1 amide bonds. The van der Waals surface area contributed by atoms with Gasteiger partial charge in [0, 0.05) is 13.1 Å². The van der Waals surface area contributed by atoms with Gasteiger partial charge in [0.1, 0.15) is 11.9 Å². The quantitative estimate of drug-likeness (QED) is 0.443. The molecule has 1 heterocycles. The van der Waals surface area contributed by atoms with Crippen LogP contribution in [0.5, 0.6) is 0 Å². The number of alkyl halides is 3. The van der Waals surface area contributed by atoms with Crippen LogP contribution in [0.2, 0.25) is 0 Å². The van der Waals surface area contributed by atoms with E-state index in [-0.39, 0.29) is 29.8 Å². The van der Waals surface area contributed by atoms with Crippen LogP contribution in [0.4, 0.5) is 17.6 Å². The number of benzene rings is 3. The first-order valence-electron chi connectivity index (χ1n) is 11.9. The van der Waals surface area contributed by atoms with E-state index in [0.717, 1.165) is 42.7 Å². The van der Waals surface area contributed by atoms with Gasteiger partial charge in [-0.2, -0.15) is 17.5 Å². The maximum Gasteiger partial charge on any atom is 0.416 e. The third kappa shape index (κ3) is 5.00. The fourth-order valence-electron chi connectivity index (χ4n) is 5.12. The van der Waals surface area contributed by atoms with E-state index in [1.165, 1.54) is 28.6 Å². The molecular formula is C27H24F4N2O3S. The van der Waals surface area contributed by atoms with Crippen LogP contribution in [0.1, 0.15) is 24.0 Å². The minimum absolute atomic E-state index is 0.0581. The van der Waals surface area contributed by atoms with Gasteiger partial charge in [-0.05, 0) is 83.8 Å². The number of carbonyl (C=O) groups is 1. The Labute approximate surface area is 212 Å². The SMILES string of the molecule is O=C(NCc1cccc(-c2ccc(C(F)(F)F)cc2)c1)[C@@H]1[C@H]2CC[C@H]2CN1S(=O)(=O)c1ccc(F)cc1. The predicted molar refractivity (Wildman–Crippen MR) is 129 cm³/mol. The molecule has 0 aromatic heterocycles. The van der Waals surface area contributed by atoms with E-state index in [1.807, 2.05) is 0 Å². The zero-order valence-electron chi connectivity index (χ0n) is 19.6. The molecule has 0 bridgehead atoms. The predicted octanol–water partition coefficient (Wildman–Crippen LogP) is 5.23. The largest absolute Gasteiger partial charge is 0.416 e. The van der Waals surface area contributed by atoms with Gasteiger partial charge in [-0.15, -0.1) is 0 Å². The molecule has 2 aliphatic rings. The van der Waals surface area contributed by atoms with Crippen molar-refractivity contribution >= 4 is 15.9 Å². The van der Waals surface area contributed by atoms with Gasteiger partial charge in [-0.1, -0.05) is 30.3 Å². The summed E-state index contributed by atoms with van der Waals surface area (Å²) in [7, 11) is -3.99. The summed E-state index contributed by atoms with van der Waals surface area (Å²) in [5, 5.41) is 2.84. The Morgan fingerprint density at radius 2 is 1.65 bits per heavy atom. The van der Waals surface area contributed by atoms with Gasteiger partial charge in [0.15, 0.2) is 0 Å². The molecule has 10 heteroatoms. The van der Waals surface area contributed by atoms with Crippen LogP contribution in [0.3, 0.4) is 0 Å². The van der Waals surface area contributed by atoms with Gasteiger partial charge in [0.25, 0.3) is 0 Å². The molecule has 1 aliphatic heterocycles. The molecule has 0 radical (unpaired) electrons. The molecule has 1 aliphatic carbocycles. The molecule has 5 nitrogen and oxygen atoms in total. The van der Waals surface area contributed by atoms with Gasteiger partial charge >= 0.3 is 6.18 Å². The fourth-order valence-corrected chi connectivity index (χ4v) is 6.81. The van der Waals surface area contributed by atoms with Gasteiger partial charge in [-0.25, -0.2) is 12.8 Å². The third-order valence-electron chi connectivity index (χ3n) is 7.23. The van der Waals surface area contributed by atoms with Crippen LogP contribution in [-0.4, -0.2) is 31.2 Å². The Balaban J connectivity index is 1.31. The number of fused-ring (bicyclic) bond motifs is 1. The van der Waals surface area contributed by atoms with E-state index in [4.69, 9.17) is 0 Å². The van der Waals surface area contributed by atoms with Crippen LogP contribution in [-0.2, 0) is 27.5 Å². The van der Waals surface area contributed by atoms with Crippen LogP contribution in [0.25, 0.3) is 11.1 Å². The lowest BCUT2D eigenvalue weighted by Gasteiger charge is -2.32. The number of nitrogens with one attached hydrogen (secondary N) is 1. The number of nitrogens with zero attached hydrogens (tertiary/aromatic N) is 1. The van der Waals surface area contributed by atoms with Gasteiger partial charge in [-0.3, -0.25) is 4.79 Å². The average molecular weight is 533 g/mol. The highest BCUT2D eigenvalue weighted by Gasteiger charge is 2.54. The second kappa shape index (κ2) is 9.57. The summed E-state index contributed by atoms with van der Waals surface area (Å²) < 4.78 is 79.7. The number of rotatable bonds is 6. The zero-order valence-corrected chi connectivity index (χ0v) is 20.4. The molecule has 1 saturated heterocycles. The molecule has 3 aromatic carbocycles. The molecule has 194 valence electrons. The van der Waals surface area contributed by atoms with E-state index >= 15 is 0 Å². The number of carbonyl (C=O) groups excluding carboxylic acids is 1. The second-order valence-electron chi connectivity index (χ2n) is 9.47. The molecule has 1 saturated carbocycles. The topological polar surface area (TPSA) is 66.5 Å². The van der Waals surface area contributed by atoms with E-state index < -0.39 is 39.5 Å². The number of hydrogen-bond donors (Lipinski definition) is 1. The first-order valence-corrected chi connectivity index (χ1v) is 13.3. The Kier molecular flexibility index (Phi) is 6.57.